The van der Waals surface area contributed by atoms with E-state index < -0.39 is 0 Å². The molecule has 0 saturated carbocycles. The first-order chi connectivity index (χ1) is 13.6. The summed E-state index contributed by atoms with van der Waals surface area (Å²) in [5, 5.41) is 0. The van der Waals surface area contributed by atoms with Gasteiger partial charge in [-0.05, 0) is 31.0 Å². The largest absolute Gasteiger partial charge is 0.342 e. The monoisotopic (exact) mass is 376 g/mol. The Bertz CT molecular complexity index is 993. The summed E-state index contributed by atoms with van der Waals surface area (Å²) in [6.07, 6.45) is 6.90. The lowest BCUT2D eigenvalue weighted by molar-refractivity contribution is -0.130. The van der Waals surface area contributed by atoms with E-state index in [-0.39, 0.29) is 17.6 Å². The van der Waals surface area contributed by atoms with Gasteiger partial charge in [0.05, 0.1) is 5.69 Å². The molecule has 0 bridgehead atoms. The number of hydrogen-bond acceptors (Lipinski definition) is 4. The van der Waals surface area contributed by atoms with Crippen LogP contribution in [0.15, 0.2) is 55.0 Å². The minimum absolute atomic E-state index is 0.0330. The van der Waals surface area contributed by atoms with Crippen molar-refractivity contribution in [1.82, 2.24) is 19.9 Å². The smallest absolute Gasteiger partial charge is 0.219 e. The summed E-state index contributed by atoms with van der Waals surface area (Å²) in [6, 6.07) is 10.4. The molecule has 3 aromatic rings. The molecule has 0 radical (unpaired) electrons. The summed E-state index contributed by atoms with van der Waals surface area (Å²) in [7, 11) is 0. The molecule has 1 aliphatic rings. The SMILES string of the molecule is CC(=O)N1CCCC(c2nc(-c3cccnc3)ncc2-c2ccccc2F)C1. The Morgan fingerprint density at radius 3 is 2.75 bits per heavy atom. The van der Waals surface area contributed by atoms with Gasteiger partial charge in [-0.25, -0.2) is 14.4 Å². The maximum atomic E-state index is 14.5. The lowest BCUT2D eigenvalue weighted by Gasteiger charge is -2.32. The second kappa shape index (κ2) is 7.84. The molecule has 28 heavy (non-hydrogen) atoms. The molecule has 3 heterocycles. The van der Waals surface area contributed by atoms with Crippen molar-refractivity contribution < 1.29 is 9.18 Å². The number of nitrogens with zero attached hydrogens (tertiary/aromatic N) is 4. The van der Waals surface area contributed by atoms with Crippen LogP contribution in [0.3, 0.4) is 0 Å². The van der Waals surface area contributed by atoms with Crippen LogP contribution in [0.2, 0.25) is 0 Å². The molecule has 0 spiro atoms. The highest BCUT2D eigenvalue weighted by Gasteiger charge is 2.27. The Morgan fingerprint density at radius 2 is 2.00 bits per heavy atom. The van der Waals surface area contributed by atoms with Gasteiger partial charge < -0.3 is 4.90 Å². The van der Waals surface area contributed by atoms with Crippen LogP contribution in [0.5, 0.6) is 0 Å². The molecule has 4 rings (SSSR count). The van der Waals surface area contributed by atoms with Gasteiger partial charge in [-0.1, -0.05) is 18.2 Å². The molecular formula is C22H21FN4O. The molecule has 1 atom stereocenters. The molecule has 5 nitrogen and oxygen atoms in total. The van der Waals surface area contributed by atoms with Gasteiger partial charge >= 0.3 is 0 Å². The third-order valence-electron chi connectivity index (χ3n) is 5.16. The summed E-state index contributed by atoms with van der Waals surface area (Å²) in [4.78, 5) is 27.2. The number of pyridine rings is 1. The van der Waals surface area contributed by atoms with E-state index in [4.69, 9.17) is 4.98 Å². The highest BCUT2D eigenvalue weighted by Crippen LogP contribution is 2.35. The predicted octanol–water partition coefficient (Wildman–Crippen LogP) is 4.07. The third kappa shape index (κ3) is 3.63. The average molecular weight is 376 g/mol. The van der Waals surface area contributed by atoms with Crippen molar-refractivity contribution in [1.29, 1.82) is 0 Å². The van der Waals surface area contributed by atoms with E-state index in [0.717, 1.165) is 30.6 Å². The summed E-state index contributed by atoms with van der Waals surface area (Å²) in [6.45, 7) is 2.92. The number of carbonyl (C=O) groups excluding carboxylic acids is 1. The molecule has 1 unspecified atom stereocenters. The van der Waals surface area contributed by atoms with Crippen molar-refractivity contribution in [3.05, 3.63) is 66.5 Å². The Hall–Kier alpha value is -3.15. The summed E-state index contributed by atoms with van der Waals surface area (Å²) in [5.74, 6) is 0.341. The quantitative estimate of drug-likeness (QED) is 0.691. The van der Waals surface area contributed by atoms with Crippen LogP contribution in [0.4, 0.5) is 4.39 Å². The molecule has 1 aromatic carbocycles. The zero-order chi connectivity index (χ0) is 19.5. The first-order valence-corrected chi connectivity index (χ1v) is 9.41. The van der Waals surface area contributed by atoms with Gasteiger partial charge in [0.1, 0.15) is 5.82 Å². The van der Waals surface area contributed by atoms with Crippen LogP contribution in [-0.2, 0) is 4.79 Å². The molecule has 1 amide bonds. The Morgan fingerprint density at radius 1 is 1.14 bits per heavy atom. The van der Waals surface area contributed by atoms with E-state index >= 15 is 0 Å². The van der Waals surface area contributed by atoms with Crippen LogP contribution in [0.1, 0.15) is 31.4 Å². The normalized spacial score (nSPS) is 16.8. The number of likely N-dealkylation sites (tertiary alicyclic amines) is 1. The molecule has 0 aliphatic carbocycles. The van der Waals surface area contributed by atoms with E-state index in [9.17, 15) is 9.18 Å². The van der Waals surface area contributed by atoms with Gasteiger partial charge in [0.25, 0.3) is 0 Å². The number of aromatic nitrogens is 3. The number of piperidine rings is 1. The van der Waals surface area contributed by atoms with Gasteiger partial charge in [0, 0.05) is 61.2 Å². The number of amides is 1. The van der Waals surface area contributed by atoms with Crippen LogP contribution in [0.25, 0.3) is 22.5 Å². The Kier molecular flexibility index (Phi) is 5.10. The number of hydrogen-bond donors (Lipinski definition) is 0. The number of rotatable bonds is 3. The molecule has 1 aliphatic heterocycles. The van der Waals surface area contributed by atoms with Crippen molar-refractivity contribution in [3.8, 4) is 22.5 Å². The fourth-order valence-corrected chi connectivity index (χ4v) is 3.71. The number of carbonyl (C=O) groups is 1. The van der Waals surface area contributed by atoms with Gasteiger partial charge in [-0.2, -0.15) is 0 Å². The molecule has 2 aromatic heterocycles. The highest BCUT2D eigenvalue weighted by molar-refractivity contribution is 5.74. The van der Waals surface area contributed by atoms with Crippen molar-refractivity contribution in [3.63, 3.8) is 0 Å². The average Bonchev–Trinajstić information content (AvgIpc) is 2.74. The third-order valence-corrected chi connectivity index (χ3v) is 5.16. The van der Waals surface area contributed by atoms with Gasteiger partial charge in [-0.3, -0.25) is 9.78 Å². The Balaban J connectivity index is 1.82. The van der Waals surface area contributed by atoms with Crippen LogP contribution in [0, 0.1) is 5.82 Å². The minimum Gasteiger partial charge on any atom is -0.342 e. The molecule has 1 saturated heterocycles. The van der Waals surface area contributed by atoms with Crippen LogP contribution in [-0.4, -0.2) is 38.8 Å². The van der Waals surface area contributed by atoms with Crippen molar-refractivity contribution in [2.24, 2.45) is 0 Å². The van der Waals surface area contributed by atoms with Crippen molar-refractivity contribution in [2.45, 2.75) is 25.7 Å². The van der Waals surface area contributed by atoms with Crippen molar-refractivity contribution in [2.75, 3.05) is 13.1 Å². The maximum absolute atomic E-state index is 14.5. The summed E-state index contributed by atoms with van der Waals surface area (Å²) in [5.41, 5.74) is 2.75. The van der Waals surface area contributed by atoms with Crippen LogP contribution < -0.4 is 0 Å². The van der Waals surface area contributed by atoms with Crippen LogP contribution >= 0.6 is 0 Å². The zero-order valence-electron chi connectivity index (χ0n) is 15.7. The van der Waals surface area contributed by atoms with E-state index in [1.807, 2.05) is 17.0 Å². The van der Waals surface area contributed by atoms with E-state index in [2.05, 4.69) is 9.97 Å². The topological polar surface area (TPSA) is 59.0 Å². The lowest BCUT2D eigenvalue weighted by Crippen LogP contribution is -2.38. The molecule has 142 valence electrons. The second-order valence-electron chi connectivity index (χ2n) is 7.02. The molecular weight excluding hydrogens is 355 g/mol. The summed E-state index contributed by atoms with van der Waals surface area (Å²) >= 11 is 0. The standard InChI is InChI=1S/C22H21FN4O/c1-15(28)27-11-5-7-17(14-27)21-19(18-8-2-3-9-20(18)23)13-25-22(26-21)16-6-4-10-24-12-16/h2-4,6,8-10,12-13,17H,5,7,11,14H2,1H3. The first-order valence-electron chi connectivity index (χ1n) is 9.41. The molecule has 1 fully saturated rings. The van der Waals surface area contributed by atoms with E-state index in [1.54, 1.807) is 43.7 Å². The fourth-order valence-electron chi connectivity index (χ4n) is 3.71. The van der Waals surface area contributed by atoms with Gasteiger partial charge in [0.2, 0.25) is 5.91 Å². The lowest BCUT2D eigenvalue weighted by atomic mass is 9.89. The predicted molar refractivity (Wildman–Crippen MR) is 105 cm³/mol. The second-order valence-corrected chi connectivity index (χ2v) is 7.02. The molecule has 6 heteroatoms. The van der Waals surface area contributed by atoms with E-state index in [0.29, 0.717) is 23.5 Å². The molecule has 0 N–H and O–H groups in total. The Labute approximate surface area is 163 Å². The highest BCUT2D eigenvalue weighted by atomic mass is 19.1. The van der Waals surface area contributed by atoms with Gasteiger partial charge in [0.15, 0.2) is 5.82 Å². The number of benzene rings is 1. The van der Waals surface area contributed by atoms with Gasteiger partial charge in [-0.15, -0.1) is 0 Å². The van der Waals surface area contributed by atoms with Crippen molar-refractivity contribution >= 4 is 5.91 Å². The number of halogens is 1. The summed E-state index contributed by atoms with van der Waals surface area (Å²) < 4.78 is 14.5. The van der Waals surface area contributed by atoms with E-state index in [1.165, 1.54) is 6.07 Å². The first kappa shape index (κ1) is 18.2. The zero-order valence-corrected chi connectivity index (χ0v) is 15.7. The maximum Gasteiger partial charge on any atom is 0.219 e. The fraction of sp³-hybridized carbons (Fsp3) is 0.273. The minimum atomic E-state index is -0.305.